The van der Waals surface area contributed by atoms with Gasteiger partial charge < -0.3 is 14.3 Å². The highest BCUT2D eigenvalue weighted by Crippen LogP contribution is 2.18. The number of hydrogen-bond donors (Lipinski definition) is 1. The Morgan fingerprint density at radius 1 is 0.536 bits per heavy atom. The van der Waals surface area contributed by atoms with Gasteiger partial charge in [-0.1, -0.05) is 41.5 Å². The minimum absolute atomic E-state index is 0.755. The molecule has 3 aromatic rings. The molecule has 0 saturated carbocycles. The summed E-state index contributed by atoms with van der Waals surface area (Å²) >= 11 is 0. The summed E-state index contributed by atoms with van der Waals surface area (Å²) in [6.45, 7) is 8.19. The van der Waals surface area contributed by atoms with E-state index in [4.69, 9.17) is 9.47 Å². The third-order valence-electron chi connectivity index (χ3n) is 5.05. The zero-order chi connectivity index (χ0) is 20.5. The van der Waals surface area contributed by atoms with Gasteiger partial charge in [-0.2, -0.15) is 0 Å². The van der Waals surface area contributed by atoms with Crippen molar-refractivity contribution in [2.75, 3.05) is 14.2 Å². The van der Waals surface area contributed by atoms with E-state index in [2.05, 4.69) is 44.2 Å². The lowest BCUT2D eigenvalue weighted by Gasteiger charge is -2.29. The van der Waals surface area contributed by atoms with E-state index in [-0.39, 0.29) is 0 Å². The third kappa shape index (κ3) is 3.84. The summed E-state index contributed by atoms with van der Waals surface area (Å²) in [5.74, 6) is 1.51. The molecule has 0 saturated heterocycles. The van der Waals surface area contributed by atoms with Gasteiger partial charge in [0.15, 0.2) is 0 Å². The molecule has 0 aliphatic carbocycles. The summed E-state index contributed by atoms with van der Waals surface area (Å²) in [6, 6.07) is 18.4. The SMILES string of the molecule is COc1cc(C)cc([Si](O)(c2cc(C)cc(C)c2)c2cc(C)cc(OC)c2)c1. The summed E-state index contributed by atoms with van der Waals surface area (Å²) < 4.78 is 11.0. The number of rotatable bonds is 5. The van der Waals surface area contributed by atoms with E-state index < -0.39 is 8.32 Å². The van der Waals surface area contributed by atoms with E-state index in [1.165, 1.54) is 0 Å². The average molecular weight is 393 g/mol. The van der Waals surface area contributed by atoms with Gasteiger partial charge in [-0.25, -0.2) is 0 Å². The van der Waals surface area contributed by atoms with Crippen molar-refractivity contribution in [1.29, 1.82) is 0 Å². The monoisotopic (exact) mass is 392 g/mol. The molecule has 28 heavy (non-hydrogen) atoms. The first-order valence-corrected chi connectivity index (χ1v) is 11.3. The van der Waals surface area contributed by atoms with E-state index in [9.17, 15) is 4.80 Å². The minimum atomic E-state index is -3.26. The summed E-state index contributed by atoms with van der Waals surface area (Å²) in [6.07, 6.45) is 0. The molecule has 0 aromatic heterocycles. The van der Waals surface area contributed by atoms with Crippen LogP contribution in [0.1, 0.15) is 22.3 Å². The van der Waals surface area contributed by atoms with E-state index >= 15 is 0 Å². The fraction of sp³-hybridized carbons (Fsp3) is 0.250. The lowest BCUT2D eigenvalue weighted by molar-refractivity contribution is 0.414. The number of benzene rings is 3. The summed E-state index contributed by atoms with van der Waals surface area (Å²) in [7, 11) is 0.0582. The van der Waals surface area contributed by atoms with Gasteiger partial charge >= 0.3 is 0 Å². The first kappa shape index (κ1) is 20.2. The van der Waals surface area contributed by atoms with E-state index in [1.54, 1.807) is 14.2 Å². The maximum atomic E-state index is 12.4. The van der Waals surface area contributed by atoms with Gasteiger partial charge in [0, 0.05) is 0 Å². The molecule has 0 amide bonds. The zero-order valence-electron chi connectivity index (χ0n) is 17.5. The predicted molar refractivity (Wildman–Crippen MR) is 118 cm³/mol. The molecule has 0 fully saturated rings. The van der Waals surface area contributed by atoms with Crippen molar-refractivity contribution in [3.63, 3.8) is 0 Å². The van der Waals surface area contributed by atoms with Crippen LogP contribution in [-0.2, 0) is 0 Å². The highest BCUT2D eigenvalue weighted by molar-refractivity contribution is 7.06. The molecule has 0 spiro atoms. The van der Waals surface area contributed by atoms with Crippen molar-refractivity contribution in [2.45, 2.75) is 27.7 Å². The Morgan fingerprint density at radius 3 is 1.21 bits per heavy atom. The summed E-state index contributed by atoms with van der Waals surface area (Å²) in [4.78, 5) is 12.4. The molecule has 3 aromatic carbocycles. The van der Waals surface area contributed by atoms with E-state index in [0.717, 1.165) is 49.3 Å². The Kier molecular flexibility index (Phi) is 5.63. The second kappa shape index (κ2) is 7.82. The largest absolute Gasteiger partial charge is 0.497 e. The maximum Gasteiger partial charge on any atom is 0.285 e. The lowest BCUT2D eigenvalue weighted by atomic mass is 10.2. The highest BCUT2D eigenvalue weighted by atomic mass is 28.4. The van der Waals surface area contributed by atoms with Crippen molar-refractivity contribution < 1.29 is 14.3 Å². The van der Waals surface area contributed by atoms with Crippen LogP contribution in [0.25, 0.3) is 0 Å². The van der Waals surface area contributed by atoms with Crippen LogP contribution in [0.15, 0.2) is 54.6 Å². The first-order valence-electron chi connectivity index (χ1n) is 9.39. The molecule has 0 heterocycles. The van der Waals surface area contributed by atoms with Crippen LogP contribution in [-0.4, -0.2) is 27.3 Å². The normalized spacial score (nSPS) is 11.4. The fourth-order valence-corrected chi connectivity index (χ4v) is 7.28. The maximum absolute atomic E-state index is 12.4. The van der Waals surface area contributed by atoms with Gasteiger partial charge in [-0.3, -0.25) is 0 Å². The molecule has 146 valence electrons. The summed E-state index contributed by atoms with van der Waals surface area (Å²) in [5.41, 5.74) is 4.40. The molecule has 0 aliphatic rings. The highest BCUT2D eigenvalue weighted by Gasteiger charge is 2.39. The second-order valence-electron chi connectivity index (χ2n) is 7.56. The Labute approximate surface area is 168 Å². The van der Waals surface area contributed by atoms with Crippen LogP contribution in [0.4, 0.5) is 0 Å². The smallest absolute Gasteiger partial charge is 0.285 e. The zero-order valence-corrected chi connectivity index (χ0v) is 18.5. The van der Waals surface area contributed by atoms with E-state index in [0.29, 0.717) is 0 Å². The lowest BCUT2D eigenvalue weighted by Crippen LogP contribution is -2.67. The van der Waals surface area contributed by atoms with Crippen molar-refractivity contribution in [3.05, 3.63) is 76.9 Å². The molecule has 0 aliphatic heterocycles. The van der Waals surface area contributed by atoms with Crippen LogP contribution in [0, 0.1) is 27.7 Å². The molecule has 0 unspecified atom stereocenters. The van der Waals surface area contributed by atoms with Gasteiger partial charge in [0.25, 0.3) is 8.32 Å². The van der Waals surface area contributed by atoms with Crippen LogP contribution in [0.5, 0.6) is 11.5 Å². The van der Waals surface area contributed by atoms with Gasteiger partial charge in [-0.05, 0) is 78.6 Å². The molecule has 4 heteroatoms. The summed E-state index contributed by atoms with van der Waals surface area (Å²) in [5, 5.41) is 2.77. The molecule has 1 N–H and O–H groups in total. The standard InChI is InChI=1S/C24H28O3Si/c1-16-7-17(2)11-22(10-16)28(25,23-12-18(3)8-20(14-23)26-5)24-13-19(4)9-21(15-24)27-6/h7-15,25H,1-6H3. The second-order valence-corrected chi connectivity index (χ2v) is 10.7. The Hall–Kier alpha value is -2.56. The topological polar surface area (TPSA) is 38.7 Å². The van der Waals surface area contributed by atoms with Crippen molar-refractivity contribution in [2.24, 2.45) is 0 Å². The van der Waals surface area contributed by atoms with E-state index in [1.807, 2.05) is 38.1 Å². The van der Waals surface area contributed by atoms with Crippen molar-refractivity contribution >= 4 is 23.9 Å². The van der Waals surface area contributed by atoms with Crippen LogP contribution in [0.2, 0.25) is 0 Å². The van der Waals surface area contributed by atoms with Crippen LogP contribution in [0.3, 0.4) is 0 Å². The minimum Gasteiger partial charge on any atom is -0.497 e. The number of methoxy groups -OCH3 is 2. The molecule has 0 atom stereocenters. The quantitative estimate of drug-likeness (QED) is 0.536. The molecular weight excluding hydrogens is 364 g/mol. The molecule has 0 bridgehead atoms. The van der Waals surface area contributed by atoms with Crippen LogP contribution >= 0.6 is 0 Å². The predicted octanol–water partition coefficient (Wildman–Crippen LogP) is 2.90. The third-order valence-corrected chi connectivity index (χ3v) is 8.42. The molecular formula is C24H28O3Si. The first-order chi connectivity index (χ1) is 13.3. The fourth-order valence-electron chi connectivity index (χ4n) is 3.83. The average Bonchev–Trinajstić information content (AvgIpc) is 2.65. The van der Waals surface area contributed by atoms with Gasteiger partial charge in [0.05, 0.1) is 14.2 Å². The van der Waals surface area contributed by atoms with Gasteiger partial charge in [0.2, 0.25) is 0 Å². The Bertz CT molecular complexity index is 937. The number of aryl methyl sites for hydroxylation is 4. The number of hydrogen-bond acceptors (Lipinski definition) is 3. The molecule has 3 nitrogen and oxygen atoms in total. The molecule has 3 rings (SSSR count). The van der Waals surface area contributed by atoms with Crippen molar-refractivity contribution in [3.8, 4) is 11.5 Å². The van der Waals surface area contributed by atoms with Gasteiger partial charge in [-0.15, -0.1) is 0 Å². The van der Waals surface area contributed by atoms with Gasteiger partial charge in [0.1, 0.15) is 11.5 Å². The van der Waals surface area contributed by atoms with Crippen molar-refractivity contribution in [1.82, 2.24) is 0 Å². The molecule has 0 radical (unpaired) electrons. The Morgan fingerprint density at radius 2 is 0.857 bits per heavy atom. The Balaban J connectivity index is 2.37. The number of ether oxygens (including phenoxy) is 2. The van der Waals surface area contributed by atoms with Crippen LogP contribution < -0.4 is 25.0 Å².